The summed E-state index contributed by atoms with van der Waals surface area (Å²) in [7, 11) is 0. The van der Waals surface area contributed by atoms with Crippen LogP contribution >= 0.6 is 0 Å². The minimum atomic E-state index is 0.0616. The van der Waals surface area contributed by atoms with Gasteiger partial charge in [0.05, 0.1) is 26.2 Å². The van der Waals surface area contributed by atoms with E-state index in [0.29, 0.717) is 6.42 Å². The first-order valence-corrected chi connectivity index (χ1v) is 9.63. The van der Waals surface area contributed by atoms with Crippen LogP contribution in [0.15, 0.2) is 42.7 Å². The number of carbonyl (C=O) groups is 2. The summed E-state index contributed by atoms with van der Waals surface area (Å²) in [4.78, 5) is 32.4. The van der Waals surface area contributed by atoms with E-state index in [0.717, 1.165) is 49.4 Å². The molecule has 2 aromatic rings. The minimum absolute atomic E-state index is 0.0616. The Labute approximate surface area is 161 Å². The summed E-state index contributed by atoms with van der Waals surface area (Å²) in [5.41, 5.74) is 4.07. The molecule has 142 valence electrons. The van der Waals surface area contributed by atoms with Crippen molar-refractivity contribution in [3.8, 4) is 0 Å². The zero-order valence-electron chi connectivity index (χ0n) is 16.2. The van der Waals surface area contributed by atoms with Crippen molar-refractivity contribution < 1.29 is 14.5 Å². The molecule has 0 unspecified atom stereocenters. The van der Waals surface area contributed by atoms with Gasteiger partial charge in [-0.15, -0.1) is 0 Å². The third kappa shape index (κ3) is 5.23. The Hall–Kier alpha value is -2.53. The minimum Gasteiger partial charge on any atom is -0.331 e. The lowest BCUT2D eigenvalue weighted by Crippen LogP contribution is -3.13. The molecular weight excluding hydrogens is 338 g/mol. The van der Waals surface area contributed by atoms with E-state index in [4.69, 9.17) is 0 Å². The summed E-state index contributed by atoms with van der Waals surface area (Å²) in [6.07, 6.45) is 4.22. The van der Waals surface area contributed by atoms with Gasteiger partial charge in [0, 0.05) is 36.4 Å². The Bertz CT molecular complexity index is 796. The highest BCUT2D eigenvalue weighted by atomic mass is 16.2. The molecule has 2 heterocycles. The lowest BCUT2D eigenvalue weighted by molar-refractivity contribution is -0.917. The van der Waals surface area contributed by atoms with Crippen LogP contribution in [0, 0.1) is 13.8 Å². The second-order valence-corrected chi connectivity index (χ2v) is 7.40. The summed E-state index contributed by atoms with van der Waals surface area (Å²) in [6.45, 7) is 8.30. The Balaban J connectivity index is 1.45. The fraction of sp³-hybridized carbons (Fsp3) is 0.409. The molecule has 1 aliphatic heterocycles. The highest BCUT2D eigenvalue weighted by molar-refractivity contribution is 5.99. The Morgan fingerprint density at radius 1 is 1.04 bits per heavy atom. The van der Waals surface area contributed by atoms with Gasteiger partial charge in [0.1, 0.15) is 6.54 Å². The fourth-order valence-corrected chi connectivity index (χ4v) is 3.59. The number of nitrogens with one attached hydrogen (secondary N) is 1. The van der Waals surface area contributed by atoms with Crippen molar-refractivity contribution >= 4 is 11.7 Å². The maximum atomic E-state index is 12.5. The molecule has 1 aromatic carbocycles. The number of amides is 1. The zero-order chi connectivity index (χ0) is 19.2. The lowest BCUT2D eigenvalue weighted by Gasteiger charge is -2.32. The second-order valence-electron chi connectivity index (χ2n) is 7.40. The van der Waals surface area contributed by atoms with E-state index in [1.807, 2.05) is 61.5 Å². The van der Waals surface area contributed by atoms with Gasteiger partial charge in [-0.05, 0) is 37.6 Å². The van der Waals surface area contributed by atoms with E-state index >= 15 is 0 Å². The van der Waals surface area contributed by atoms with Gasteiger partial charge in [0.15, 0.2) is 5.78 Å². The molecule has 0 atom stereocenters. The number of nitrogens with zero attached hydrogens (tertiary/aromatic N) is 2. The van der Waals surface area contributed by atoms with Gasteiger partial charge in [-0.2, -0.15) is 0 Å². The first-order valence-electron chi connectivity index (χ1n) is 9.63. The topological polar surface area (TPSA) is 54.7 Å². The molecule has 0 aliphatic carbocycles. The third-order valence-corrected chi connectivity index (χ3v) is 5.29. The van der Waals surface area contributed by atoms with E-state index in [1.54, 1.807) is 0 Å². The Kier molecular flexibility index (Phi) is 6.35. The molecule has 1 fully saturated rings. The summed E-state index contributed by atoms with van der Waals surface area (Å²) in [5, 5.41) is 0. The monoisotopic (exact) mass is 366 g/mol. The number of aromatic nitrogens is 1. The van der Waals surface area contributed by atoms with Gasteiger partial charge in [-0.1, -0.05) is 17.7 Å². The number of ketones is 1. The van der Waals surface area contributed by atoms with Crippen LogP contribution in [0.25, 0.3) is 0 Å². The van der Waals surface area contributed by atoms with Crippen LogP contribution in [-0.2, 0) is 11.3 Å². The average molecular weight is 366 g/mol. The molecule has 27 heavy (non-hydrogen) atoms. The number of hydrogen-bond acceptors (Lipinski definition) is 3. The van der Waals surface area contributed by atoms with E-state index in [2.05, 4.69) is 4.98 Å². The van der Waals surface area contributed by atoms with Crippen LogP contribution < -0.4 is 4.90 Å². The third-order valence-electron chi connectivity index (χ3n) is 5.29. The maximum absolute atomic E-state index is 12.5. The van der Waals surface area contributed by atoms with Gasteiger partial charge in [-0.25, -0.2) is 0 Å². The highest BCUT2D eigenvalue weighted by Gasteiger charge is 2.24. The predicted molar refractivity (Wildman–Crippen MR) is 105 cm³/mol. The molecule has 5 heteroatoms. The summed E-state index contributed by atoms with van der Waals surface area (Å²) < 4.78 is 0. The van der Waals surface area contributed by atoms with Crippen molar-refractivity contribution in [2.24, 2.45) is 0 Å². The molecule has 0 bridgehead atoms. The highest BCUT2D eigenvalue weighted by Crippen LogP contribution is 2.14. The van der Waals surface area contributed by atoms with Gasteiger partial charge < -0.3 is 9.80 Å². The van der Waals surface area contributed by atoms with Crippen LogP contribution in [0.3, 0.4) is 0 Å². The quantitative estimate of drug-likeness (QED) is 0.790. The van der Waals surface area contributed by atoms with Crippen molar-refractivity contribution in [1.82, 2.24) is 9.88 Å². The zero-order valence-corrected chi connectivity index (χ0v) is 16.2. The predicted octanol–water partition coefficient (Wildman–Crippen LogP) is 1.59. The number of benzene rings is 1. The molecule has 3 rings (SSSR count). The number of Topliss-reactive ketones (excluding diaryl/α,β-unsaturated/α-hetero) is 1. The second kappa shape index (κ2) is 8.91. The number of piperazine rings is 1. The van der Waals surface area contributed by atoms with E-state index in [9.17, 15) is 9.59 Å². The SMILES string of the molecule is Cc1ccc(C)c(C(=O)CCC(=O)N2CC[NH+](Cc3ccncc3)CC2)c1. The van der Waals surface area contributed by atoms with Gasteiger partial charge >= 0.3 is 0 Å². The molecule has 0 spiro atoms. The van der Waals surface area contributed by atoms with Crippen LogP contribution in [0.1, 0.15) is 39.9 Å². The normalized spacial score (nSPS) is 15.0. The lowest BCUT2D eigenvalue weighted by atomic mass is 9.99. The number of rotatable bonds is 6. The Morgan fingerprint density at radius 2 is 1.74 bits per heavy atom. The van der Waals surface area contributed by atoms with Gasteiger partial charge in [-0.3, -0.25) is 14.6 Å². The largest absolute Gasteiger partial charge is 0.331 e. The van der Waals surface area contributed by atoms with E-state index in [1.165, 1.54) is 10.5 Å². The number of pyridine rings is 1. The number of carbonyl (C=O) groups excluding carboxylic acids is 2. The summed E-state index contributed by atoms with van der Waals surface area (Å²) >= 11 is 0. The number of aryl methyl sites for hydroxylation is 2. The smallest absolute Gasteiger partial charge is 0.223 e. The fourth-order valence-electron chi connectivity index (χ4n) is 3.59. The average Bonchev–Trinajstić information content (AvgIpc) is 2.69. The van der Waals surface area contributed by atoms with Crippen molar-refractivity contribution in [3.63, 3.8) is 0 Å². The standard InChI is InChI=1S/C22H27N3O2/c1-17-3-4-18(2)20(15-17)21(26)5-6-22(27)25-13-11-24(12-14-25)16-19-7-9-23-10-8-19/h3-4,7-10,15H,5-6,11-14,16H2,1-2H3/p+1. The van der Waals surface area contributed by atoms with Gasteiger partial charge in [0.2, 0.25) is 5.91 Å². The van der Waals surface area contributed by atoms with Crippen LogP contribution in [0.4, 0.5) is 0 Å². The van der Waals surface area contributed by atoms with Crippen LogP contribution in [0.2, 0.25) is 0 Å². The Morgan fingerprint density at radius 3 is 2.44 bits per heavy atom. The number of quaternary nitrogens is 1. The molecular formula is C22H28N3O2+. The molecule has 1 saturated heterocycles. The van der Waals surface area contributed by atoms with Crippen LogP contribution in [0.5, 0.6) is 0 Å². The maximum Gasteiger partial charge on any atom is 0.223 e. The first kappa shape index (κ1) is 19.2. The van der Waals surface area contributed by atoms with E-state index < -0.39 is 0 Å². The van der Waals surface area contributed by atoms with Crippen molar-refractivity contribution in [3.05, 3.63) is 65.0 Å². The molecule has 1 N–H and O–H groups in total. The van der Waals surface area contributed by atoms with Crippen molar-refractivity contribution in [2.75, 3.05) is 26.2 Å². The van der Waals surface area contributed by atoms with Crippen LogP contribution in [-0.4, -0.2) is 47.8 Å². The summed E-state index contributed by atoms with van der Waals surface area (Å²) in [5.74, 6) is 0.156. The molecule has 0 saturated carbocycles. The number of hydrogen-bond donors (Lipinski definition) is 1. The van der Waals surface area contributed by atoms with E-state index in [-0.39, 0.29) is 18.1 Å². The summed E-state index contributed by atoms with van der Waals surface area (Å²) in [6, 6.07) is 9.98. The molecule has 1 aliphatic rings. The van der Waals surface area contributed by atoms with Crippen molar-refractivity contribution in [1.29, 1.82) is 0 Å². The molecule has 5 nitrogen and oxygen atoms in total. The first-order chi connectivity index (χ1) is 13.0. The molecule has 0 radical (unpaired) electrons. The molecule has 1 amide bonds. The van der Waals surface area contributed by atoms with Gasteiger partial charge in [0.25, 0.3) is 0 Å². The molecule has 1 aromatic heterocycles. The van der Waals surface area contributed by atoms with Crippen molar-refractivity contribution in [2.45, 2.75) is 33.2 Å².